The zero-order valence-electron chi connectivity index (χ0n) is 10.2. The summed E-state index contributed by atoms with van der Waals surface area (Å²) < 4.78 is 18.4. The van der Waals surface area contributed by atoms with Gasteiger partial charge in [0.2, 0.25) is 0 Å². The first-order valence-electron chi connectivity index (χ1n) is 5.41. The molecule has 0 saturated carbocycles. The van der Waals surface area contributed by atoms with E-state index in [0.717, 1.165) is 11.0 Å². The van der Waals surface area contributed by atoms with Gasteiger partial charge in [0.05, 0.1) is 17.2 Å². The van der Waals surface area contributed by atoms with Crippen LogP contribution < -0.4 is 0 Å². The van der Waals surface area contributed by atoms with E-state index < -0.39 is 24.2 Å². The molecule has 1 aromatic rings. The number of hydrogen-bond acceptors (Lipinski definition) is 3. The largest absolute Gasteiger partial charge is 0.480 e. The highest BCUT2D eigenvalue weighted by molar-refractivity contribution is 6.33. The molecular formula is C12H13ClFNO4. The quantitative estimate of drug-likeness (QED) is 0.865. The first kappa shape index (κ1) is 15.4. The molecule has 0 unspecified atom stereocenters. The fourth-order valence-electron chi connectivity index (χ4n) is 1.48. The highest BCUT2D eigenvalue weighted by atomic mass is 35.5. The van der Waals surface area contributed by atoms with Gasteiger partial charge in [0.15, 0.2) is 0 Å². The molecule has 7 heteroatoms. The first-order chi connectivity index (χ1) is 8.97. The maximum Gasteiger partial charge on any atom is 0.323 e. The molecule has 1 amide bonds. The number of carboxylic acid groups (broad SMARTS) is 1. The lowest BCUT2D eigenvalue weighted by molar-refractivity contribution is -0.137. The Hall–Kier alpha value is -1.66. The minimum atomic E-state index is -1.20. The van der Waals surface area contributed by atoms with E-state index in [9.17, 15) is 14.0 Å². The van der Waals surface area contributed by atoms with Crippen LogP contribution in [-0.4, -0.2) is 48.7 Å². The monoisotopic (exact) mass is 289 g/mol. The molecule has 0 atom stereocenters. The smallest absolute Gasteiger partial charge is 0.323 e. The van der Waals surface area contributed by atoms with Crippen molar-refractivity contribution >= 4 is 23.5 Å². The predicted molar refractivity (Wildman–Crippen MR) is 66.8 cm³/mol. The average Bonchev–Trinajstić information content (AvgIpc) is 2.33. The summed E-state index contributed by atoms with van der Waals surface area (Å²) in [6, 6.07) is 3.83. The Morgan fingerprint density at radius 2 is 2.16 bits per heavy atom. The number of aliphatic carboxylic acids is 1. The number of carboxylic acids is 1. The molecule has 0 aliphatic heterocycles. The van der Waals surface area contributed by atoms with Crippen molar-refractivity contribution in [2.45, 2.75) is 0 Å². The number of rotatable bonds is 6. The third-order valence-electron chi connectivity index (χ3n) is 2.36. The number of hydrogen-bond donors (Lipinski definition) is 1. The average molecular weight is 290 g/mol. The van der Waals surface area contributed by atoms with Crippen LogP contribution in [-0.2, 0) is 9.53 Å². The zero-order chi connectivity index (χ0) is 14.4. The van der Waals surface area contributed by atoms with E-state index in [1.54, 1.807) is 0 Å². The number of halogens is 2. The Kier molecular flexibility index (Phi) is 5.72. The summed E-state index contributed by atoms with van der Waals surface area (Å²) >= 11 is 5.77. The van der Waals surface area contributed by atoms with Crippen molar-refractivity contribution < 1.29 is 23.8 Å². The molecule has 0 bridgehead atoms. The van der Waals surface area contributed by atoms with Crippen LogP contribution in [0.15, 0.2) is 18.2 Å². The van der Waals surface area contributed by atoms with E-state index in [-0.39, 0.29) is 23.7 Å². The number of benzene rings is 1. The van der Waals surface area contributed by atoms with Crippen molar-refractivity contribution in [1.82, 2.24) is 4.90 Å². The number of ether oxygens (including phenoxy) is 1. The SMILES string of the molecule is COCCN(CC(=O)O)C(=O)c1c(F)cccc1Cl. The molecule has 1 rings (SSSR count). The highest BCUT2D eigenvalue weighted by Crippen LogP contribution is 2.20. The lowest BCUT2D eigenvalue weighted by atomic mass is 10.2. The molecule has 1 aromatic carbocycles. The van der Waals surface area contributed by atoms with Crippen LogP contribution in [0.5, 0.6) is 0 Å². The molecule has 0 heterocycles. The Morgan fingerprint density at radius 1 is 1.47 bits per heavy atom. The summed E-state index contributed by atoms with van der Waals surface area (Å²) in [5.41, 5.74) is -0.332. The van der Waals surface area contributed by atoms with Gasteiger partial charge in [-0.15, -0.1) is 0 Å². The van der Waals surface area contributed by atoms with Crippen LogP contribution >= 0.6 is 11.6 Å². The third kappa shape index (κ3) is 4.18. The second-order valence-electron chi connectivity index (χ2n) is 3.71. The molecule has 104 valence electrons. The highest BCUT2D eigenvalue weighted by Gasteiger charge is 2.23. The molecule has 0 radical (unpaired) electrons. The standard InChI is InChI=1S/C12H13ClFNO4/c1-19-6-5-15(7-10(16)17)12(18)11-8(13)3-2-4-9(11)14/h2-4H,5-7H2,1H3,(H,16,17). The Labute approximate surface area is 114 Å². The first-order valence-corrected chi connectivity index (χ1v) is 5.79. The Bertz CT molecular complexity index is 461. The van der Waals surface area contributed by atoms with Gasteiger partial charge in [0.25, 0.3) is 5.91 Å². The number of carbonyl (C=O) groups excluding carboxylic acids is 1. The van der Waals surface area contributed by atoms with Crippen molar-refractivity contribution in [3.63, 3.8) is 0 Å². The number of nitrogens with zero attached hydrogens (tertiary/aromatic N) is 1. The molecule has 0 aromatic heterocycles. The minimum Gasteiger partial charge on any atom is -0.480 e. The van der Waals surface area contributed by atoms with Gasteiger partial charge < -0.3 is 14.7 Å². The van der Waals surface area contributed by atoms with Crippen molar-refractivity contribution in [2.24, 2.45) is 0 Å². The predicted octanol–water partition coefficient (Wildman–Crippen LogP) is 1.65. The van der Waals surface area contributed by atoms with Gasteiger partial charge in [-0.2, -0.15) is 0 Å². The topological polar surface area (TPSA) is 66.8 Å². The molecular weight excluding hydrogens is 277 g/mol. The summed E-state index contributed by atoms with van der Waals surface area (Å²) in [5, 5.41) is 8.70. The van der Waals surface area contributed by atoms with E-state index in [4.69, 9.17) is 21.4 Å². The molecule has 5 nitrogen and oxygen atoms in total. The second-order valence-corrected chi connectivity index (χ2v) is 4.12. The summed E-state index contributed by atoms with van der Waals surface area (Å²) in [6.45, 7) is -0.371. The molecule has 0 fully saturated rings. The second kappa shape index (κ2) is 7.06. The summed E-state index contributed by atoms with van der Waals surface area (Å²) in [5.74, 6) is -2.76. The van der Waals surface area contributed by atoms with Gasteiger partial charge >= 0.3 is 5.97 Å². The van der Waals surface area contributed by atoms with E-state index in [0.29, 0.717) is 0 Å². The molecule has 0 saturated heterocycles. The molecule has 0 aliphatic rings. The number of methoxy groups -OCH3 is 1. The Balaban J connectivity index is 3.01. The Morgan fingerprint density at radius 3 is 2.68 bits per heavy atom. The van der Waals surface area contributed by atoms with Crippen molar-refractivity contribution in [3.05, 3.63) is 34.6 Å². The molecule has 0 spiro atoms. The van der Waals surface area contributed by atoms with Crippen LogP contribution in [0.2, 0.25) is 5.02 Å². The number of carbonyl (C=O) groups is 2. The normalized spacial score (nSPS) is 10.3. The summed E-state index contributed by atoms with van der Waals surface area (Å²) in [7, 11) is 1.42. The van der Waals surface area contributed by atoms with Gasteiger partial charge in [-0.1, -0.05) is 17.7 Å². The van der Waals surface area contributed by atoms with Gasteiger partial charge in [0, 0.05) is 13.7 Å². The lowest BCUT2D eigenvalue weighted by Gasteiger charge is -2.21. The third-order valence-corrected chi connectivity index (χ3v) is 2.67. The van der Waals surface area contributed by atoms with Crippen LogP contribution in [0, 0.1) is 5.82 Å². The fraction of sp³-hybridized carbons (Fsp3) is 0.333. The summed E-state index contributed by atoms with van der Waals surface area (Å²) in [6.07, 6.45) is 0. The number of amides is 1. The maximum atomic E-state index is 13.6. The fourth-order valence-corrected chi connectivity index (χ4v) is 1.72. The van der Waals surface area contributed by atoms with Crippen molar-refractivity contribution in [2.75, 3.05) is 26.8 Å². The van der Waals surface area contributed by atoms with Gasteiger partial charge in [-0.05, 0) is 12.1 Å². The van der Waals surface area contributed by atoms with Crippen molar-refractivity contribution in [3.8, 4) is 0 Å². The van der Waals surface area contributed by atoms with Crippen LogP contribution in [0.1, 0.15) is 10.4 Å². The van der Waals surface area contributed by atoms with E-state index >= 15 is 0 Å². The van der Waals surface area contributed by atoms with E-state index in [1.165, 1.54) is 19.2 Å². The van der Waals surface area contributed by atoms with Crippen LogP contribution in [0.4, 0.5) is 4.39 Å². The van der Waals surface area contributed by atoms with Gasteiger partial charge in [-0.3, -0.25) is 9.59 Å². The molecule has 0 aliphatic carbocycles. The summed E-state index contributed by atoms with van der Waals surface area (Å²) in [4.78, 5) is 23.8. The minimum absolute atomic E-state index is 0.0340. The lowest BCUT2D eigenvalue weighted by Crippen LogP contribution is -2.38. The zero-order valence-corrected chi connectivity index (χ0v) is 11.0. The molecule has 1 N–H and O–H groups in total. The van der Waals surface area contributed by atoms with E-state index in [2.05, 4.69) is 0 Å². The maximum absolute atomic E-state index is 13.6. The van der Waals surface area contributed by atoms with Gasteiger partial charge in [0.1, 0.15) is 12.4 Å². The van der Waals surface area contributed by atoms with Gasteiger partial charge in [-0.25, -0.2) is 4.39 Å². The van der Waals surface area contributed by atoms with Crippen LogP contribution in [0.25, 0.3) is 0 Å². The van der Waals surface area contributed by atoms with Crippen LogP contribution in [0.3, 0.4) is 0 Å². The van der Waals surface area contributed by atoms with Crippen molar-refractivity contribution in [1.29, 1.82) is 0 Å². The molecule has 19 heavy (non-hydrogen) atoms. The van der Waals surface area contributed by atoms with E-state index in [1.807, 2.05) is 0 Å².